The fraction of sp³-hybridized carbons (Fsp3) is 0.500. The highest BCUT2D eigenvalue weighted by Crippen LogP contribution is 2.55. The Balaban J connectivity index is 2.29. The van der Waals surface area contributed by atoms with Crippen LogP contribution >= 0.6 is 0 Å². The zero-order valence-electron chi connectivity index (χ0n) is 22.7. The van der Waals surface area contributed by atoms with Gasteiger partial charge >= 0.3 is 85.8 Å². The van der Waals surface area contributed by atoms with Gasteiger partial charge in [0.1, 0.15) is 0 Å². The summed E-state index contributed by atoms with van der Waals surface area (Å²) in [5, 5.41) is -14.0. The molecule has 0 unspecified atom stereocenters. The van der Waals surface area contributed by atoms with Gasteiger partial charge in [0.05, 0.1) is 0 Å². The van der Waals surface area contributed by atoms with Crippen LogP contribution in [0.25, 0.3) is 0 Å². The highest BCUT2D eigenvalue weighted by molar-refractivity contribution is 7.88. The number of halogens is 10. The minimum absolute atomic E-state index is 0.0583. The summed E-state index contributed by atoms with van der Waals surface area (Å²) in [6, 6.07) is 10.7. The van der Waals surface area contributed by atoms with Crippen molar-refractivity contribution in [2.45, 2.75) is 74.7 Å². The highest BCUT2D eigenvalue weighted by atomic mass is 127. The minimum atomic E-state index is -7.47. The Morgan fingerprint density at radius 1 is 0.500 bits per heavy atom. The topological polar surface area (TPSA) is 86.7 Å². The number of alkyl halides is 8. The average molecular weight is 880 g/mol. The van der Waals surface area contributed by atoms with Crippen LogP contribution in [0.1, 0.15) is 52.7 Å². The van der Waals surface area contributed by atoms with E-state index in [9.17, 15) is 52.0 Å². The van der Waals surface area contributed by atoms with Gasteiger partial charge in [0, 0.05) is 0 Å². The molecule has 18 heteroatoms. The summed E-state index contributed by atoms with van der Waals surface area (Å²) in [5.41, 5.74) is 0.672. The maximum atomic E-state index is 14.4. The highest BCUT2D eigenvalue weighted by Gasteiger charge is 2.89. The lowest BCUT2D eigenvalue weighted by molar-refractivity contribution is -0.838. The third-order valence-electron chi connectivity index (χ3n) is 5.58. The Hall–Kier alpha value is -0.840. The van der Waals surface area contributed by atoms with Crippen molar-refractivity contribution in [1.29, 1.82) is 0 Å². The molecule has 0 aliphatic carbocycles. The molecule has 2 aromatic rings. The van der Waals surface area contributed by atoms with E-state index >= 15 is 0 Å². The van der Waals surface area contributed by atoms with E-state index in [1.807, 2.05) is 41.5 Å². The summed E-state index contributed by atoms with van der Waals surface area (Å²) in [7, 11) is -14.0. The molecule has 0 aromatic heterocycles. The molecule has 0 radical (unpaired) electrons. The summed E-state index contributed by atoms with van der Waals surface area (Å²) in [4.78, 5) is 0. The van der Waals surface area contributed by atoms with E-state index < -0.39 is 85.8 Å². The SMILES string of the molecule is CC(C)(C)c1ccc([I+]OS(=O)(=O)C(F)(F)C(F)(F)C(F)(F)C(F)(F)S(=O)(=O)O[I+]c2ccc(C(C)(C)C)cc2)cc1. The van der Waals surface area contributed by atoms with Gasteiger partial charge in [0.2, 0.25) is 7.14 Å². The molecule has 2 aromatic carbocycles. The van der Waals surface area contributed by atoms with Crippen LogP contribution in [-0.2, 0) is 36.1 Å². The first kappa shape index (κ1) is 37.3. The van der Waals surface area contributed by atoms with E-state index in [4.69, 9.17) is 0 Å². The van der Waals surface area contributed by atoms with E-state index in [1.165, 1.54) is 48.5 Å². The number of hydrogen-bond donors (Lipinski definition) is 0. The van der Waals surface area contributed by atoms with Crippen molar-refractivity contribution in [1.82, 2.24) is 0 Å². The van der Waals surface area contributed by atoms with E-state index in [0.717, 1.165) is 0 Å². The van der Waals surface area contributed by atoms with Gasteiger partial charge in [-0.2, -0.15) is 52.0 Å². The number of benzene rings is 2. The van der Waals surface area contributed by atoms with Crippen molar-refractivity contribution < 1.29 is 100 Å². The Morgan fingerprint density at radius 2 is 0.738 bits per heavy atom. The van der Waals surface area contributed by atoms with Crippen molar-refractivity contribution in [3.8, 4) is 0 Å². The molecule has 42 heavy (non-hydrogen) atoms. The summed E-state index contributed by atoms with van der Waals surface area (Å²) < 4.78 is 171. The van der Waals surface area contributed by atoms with Crippen molar-refractivity contribution in [3.63, 3.8) is 0 Å². The smallest absolute Gasteiger partial charge is 0.191 e. The monoisotopic (exact) mass is 880 g/mol. The first-order valence-electron chi connectivity index (χ1n) is 11.5. The van der Waals surface area contributed by atoms with Crippen LogP contribution in [0.5, 0.6) is 0 Å². The van der Waals surface area contributed by atoms with Gasteiger partial charge in [0.25, 0.3) is 0 Å². The molecule has 238 valence electrons. The fourth-order valence-corrected chi connectivity index (χ4v) is 9.60. The van der Waals surface area contributed by atoms with Gasteiger partial charge in [-0.05, 0) is 51.2 Å². The lowest BCUT2D eigenvalue weighted by Gasteiger charge is -2.33. The second-order valence-corrected chi connectivity index (χ2v) is 19.5. The molecule has 0 bridgehead atoms. The molecular weight excluding hydrogens is 854 g/mol. The standard InChI is InChI=1S/C24H26F8I2O6S2/c1-19(2,3)15-7-11-17(12-8-15)33-39-41(35,36)23(29,30)21(25,26)22(27,28)24(31,32)42(37,38)40-34-18-13-9-16(10-14-18)20(4,5)6/h7-14H,1-6H3/q+2. The zero-order valence-corrected chi connectivity index (χ0v) is 28.6. The Labute approximate surface area is 260 Å². The minimum Gasteiger partial charge on any atom is -0.191 e. The molecular formula is C24H26F8I2O6S2+2. The summed E-state index contributed by atoms with van der Waals surface area (Å²) in [6.45, 7) is 10.9. The van der Waals surface area contributed by atoms with E-state index in [1.54, 1.807) is 0 Å². The predicted octanol–water partition coefficient (Wildman–Crippen LogP) is 0.478. The molecule has 0 amide bonds. The molecule has 0 spiro atoms. The van der Waals surface area contributed by atoms with Gasteiger partial charge in [-0.1, -0.05) is 65.8 Å². The Bertz CT molecular complexity index is 1360. The first-order chi connectivity index (χ1) is 18.6. The van der Waals surface area contributed by atoms with Crippen LogP contribution in [0, 0.1) is 7.14 Å². The molecule has 0 aliphatic heterocycles. The molecule has 0 saturated heterocycles. The largest absolute Gasteiger partial charge is 0.540 e. The van der Waals surface area contributed by atoms with Crippen LogP contribution in [0.3, 0.4) is 0 Å². The van der Waals surface area contributed by atoms with Crippen molar-refractivity contribution in [2.75, 3.05) is 0 Å². The van der Waals surface area contributed by atoms with Crippen molar-refractivity contribution in [2.24, 2.45) is 0 Å². The van der Waals surface area contributed by atoms with Gasteiger partial charge in [-0.25, -0.2) is 0 Å². The quantitative estimate of drug-likeness (QED) is 0.242. The van der Waals surface area contributed by atoms with Gasteiger partial charge in [-0.15, -0.1) is 0 Å². The molecule has 6 nitrogen and oxygen atoms in total. The maximum Gasteiger partial charge on any atom is 0.540 e. The summed E-state index contributed by atoms with van der Waals surface area (Å²) >= 11 is -5.06. The van der Waals surface area contributed by atoms with E-state index in [-0.39, 0.29) is 18.0 Å². The second kappa shape index (κ2) is 12.2. The Kier molecular flexibility index (Phi) is 10.8. The molecule has 0 N–H and O–H groups in total. The third kappa shape index (κ3) is 7.34. The number of hydrogen-bond acceptors (Lipinski definition) is 6. The van der Waals surface area contributed by atoms with Crippen LogP contribution < -0.4 is 43.2 Å². The van der Waals surface area contributed by atoms with Gasteiger partial charge < -0.3 is 0 Å². The predicted molar refractivity (Wildman–Crippen MR) is 127 cm³/mol. The van der Waals surface area contributed by atoms with Crippen LogP contribution in [-0.4, -0.2) is 39.2 Å². The summed E-state index contributed by atoms with van der Waals surface area (Å²) in [6.07, 6.45) is 0. The lowest BCUT2D eigenvalue weighted by atomic mass is 9.87. The lowest BCUT2D eigenvalue weighted by Crippen LogP contribution is -3.62. The molecule has 0 heterocycles. The Morgan fingerprint density at radius 3 is 0.952 bits per heavy atom. The second-order valence-electron chi connectivity index (χ2n) is 10.9. The normalized spacial score (nSPS) is 14.7. The molecule has 0 atom stereocenters. The maximum absolute atomic E-state index is 14.4. The zero-order chi connectivity index (χ0) is 32.8. The summed E-state index contributed by atoms with van der Waals surface area (Å²) in [5.74, 6) is -14.9. The third-order valence-corrected chi connectivity index (χ3v) is 14.2. The first-order valence-corrected chi connectivity index (χ1v) is 18.2. The van der Waals surface area contributed by atoms with Gasteiger partial charge in [0.15, 0.2) is 0 Å². The van der Waals surface area contributed by atoms with Crippen molar-refractivity contribution >= 4 is 20.2 Å². The number of rotatable bonds is 11. The van der Waals surface area contributed by atoms with E-state index in [0.29, 0.717) is 11.1 Å². The van der Waals surface area contributed by atoms with Gasteiger partial charge in [-0.3, -0.25) is 0 Å². The van der Waals surface area contributed by atoms with Crippen LogP contribution in [0.2, 0.25) is 0 Å². The average Bonchev–Trinajstić information content (AvgIpc) is 2.85. The molecule has 0 fully saturated rings. The molecule has 2 rings (SSSR count). The molecule has 0 aliphatic rings. The van der Waals surface area contributed by atoms with Crippen LogP contribution in [0.15, 0.2) is 48.5 Å². The van der Waals surface area contributed by atoms with Crippen LogP contribution in [0.4, 0.5) is 35.1 Å². The fourth-order valence-electron chi connectivity index (χ4n) is 2.92. The molecule has 0 saturated carbocycles. The van der Waals surface area contributed by atoms with E-state index in [2.05, 4.69) is 5.03 Å². The van der Waals surface area contributed by atoms with Crippen molar-refractivity contribution in [3.05, 3.63) is 66.8 Å².